The molecule has 0 aromatic heterocycles. The van der Waals surface area contributed by atoms with Crippen LogP contribution in [0.3, 0.4) is 0 Å². The molecule has 0 spiro atoms. The predicted molar refractivity (Wildman–Crippen MR) is 97.6 cm³/mol. The van der Waals surface area contributed by atoms with Gasteiger partial charge in [0.25, 0.3) is 5.78 Å². The highest BCUT2D eigenvalue weighted by molar-refractivity contribution is 6.07. The molecule has 0 aliphatic carbocycles. The average molecular weight is 354 g/mol. The van der Waals surface area contributed by atoms with Crippen LogP contribution in [0.15, 0.2) is 54.6 Å². The van der Waals surface area contributed by atoms with E-state index < -0.39 is 17.5 Å². The van der Waals surface area contributed by atoms with E-state index in [0.29, 0.717) is 33.7 Å². The Balaban J connectivity index is 2.09. The standard InChI is InChI=1S/C20H22N2O4/c1-4-17-18(14-8-6-5-7-9-14)22(25)20(2,21(17)24)19(23)15-10-12-16(26-3)13-11-15/h5-13,17,24H,4H2,1-3H3. The number of carbonyl (C=O) groups excluding carboxylic acids is 1. The zero-order valence-electron chi connectivity index (χ0n) is 15.0. The maximum atomic E-state index is 13.2. The van der Waals surface area contributed by atoms with Crippen molar-refractivity contribution in [2.24, 2.45) is 0 Å². The van der Waals surface area contributed by atoms with E-state index in [9.17, 15) is 15.2 Å². The van der Waals surface area contributed by atoms with Crippen LogP contribution < -0.4 is 4.74 Å². The van der Waals surface area contributed by atoms with Crippen LogP contribution in [-0.2, 0) is 0 Å². The van der Waals surface area contributed by atoms with Crippen molar-refractivity contribution in [2.75, 3.05) is 7.11 Å². The molecular formula is C20H22N2O4. The fraction of sp³-hybridized carbons (Fsp3) is 0.300. The Bertz CT molecular complexity index is 833. The van der Waals surface area contributed by atoms with Crippen LogP contribution in [0.25, 0.3) is 0 Å². The van der Waals surface area contributed by atoms with Crippen molar-refractivity contribution in [1.82, 2.24) is 5.06 Å². The van der Waals surface area contributed by atoms with Crippen molar-refractivity contribution < 1.29 is 19.5 Å². The topological polar surface area (TPSA) is 75.8 Å². The van der Waals surface area contributed by atoms with Crippen LogP contribution in [0.1, 0.15) is 36.2 Å². The van der Waals surface area contributed by atoms with E-state index in [-0.39, 0.29) is 0 Å². The lowest BCUT2D eigenvalue weighted by Gasteiger charge is -2.28. The Hall–Kier alpha value is -2.70. The first-order valence-corrected chi connectivity index (χ1v) is 8.51. The summed E-state index contributed by atoms with van der Waals surface area (Å²) in [5, 5.41) is 24.8. The summed E-state index contributed by atoms with van der Waals surface area (Å²) in [7, 11) is 1.54. The van der Waals surface area contributed by atoms with Gasteiger partial charge in [-0.2, -0.15) is 4.74 Å². The minimum atomic E-state index is -1.74. The van der Waals surface area contributed by atoms with Gasteiger partial charge in [-0.3, -0.25) is 4.79 Å². The first-order valence-electron chi connectivity index (χ1n) is 8.51. The summed E-state index contributed by atoms with van der Waals surface area (Å²) < 4.78 is 5.75. The molecule has 1 heterocycles. The van der Waals surface area contributed by atoms with Gasteiger partial charge in [0.15, 0.2) is 0 Å². The zero-order chi connectivity index (χ0) is 18.9. The number of benzene rings is 2. The maximum absolute atomic E-state index is 13.2. The number of ether oxygens (including phenoxy) is 1. The van der Waals surface area contributed by atoms with E-state index in [2.05, 4.69) is 0 Å². The average Bonchev–Trinajstić information content (AvgIpc) is 2.89. The number of hydrogen-bond donors (Lipinski definition) is 1. The van der Waals surface area contributed by atoms with Gasteiger partial charge in [0.1, 0.15) is 11.8 Å². The number of ketones is 1. The van der Waals surface area contributed by atoms with E-state index in [1.54, 1.807) is 36.4 Å². The molecule has 3 rings (SSSR count). The van der Waals surface area contributed by atoms with Gasteiger partial charge in [0.05, 0.1) is 7.11 Å². The lowest BCUT2D eigenvalue weighted by molar-refractivity contribution is -0.562. The number of rotatable bonds is 5. The second-order valence-corrected chi connectivity index (χ2v) is 6.39. The van der Waals surface area contributed by atoms with Crippen LogP contribution in [0.4, 0.5) is 0 Å². The third-order valence-corrected chi connectivity index (χ3v) is 4.91. The Kier molecular flexibility index (Phi) is 4.80. The first-order chi connectivity index (χ1) is 12.4. The molecule has 2 atom stereocenters. The van der Waals surface area contributed by atoms with Gasteiger partial charge in [-0.1, -0.05) is 25.1 Å². The van der Waals surface area contributed by atoms with Gasteiger partial charge in [0, 0.05) is 18.1 Å². The molecule has 0 bridgehead atoms. The van der Waals surface area contributed by atoms with Crippen molar-refractivity contribution in [1.29, 1.82) is 0 Å². The summed E-state index contributed by atoms with van der Waals surface area (Å²) in [5.74, 6) is 0.142. The summed E-state index contributed by atoms with van der Waals surface area (Å²) in [6.07, 6.45) is 0.491. The first kappa shape index (κ1) is 18.1. The highest BCUT2D eigenvalue weighted by Gasteiger charge is 2.59. The van der Waals surface area contributed by atoms with Crippen LogP contribution in [0.5, 0.6) is 5.75 Å². The smallest absolute Gasteiger partial charge is 0.312 e. The second kappa shape index (κ2) is 6.90. The van der Waals surface area contributed by atoms with Crippen LogP contribution in [0.2, 0.25) is 0 Å². The number of hydroxylamine groups is 3. The number of hydrogen-bond acceptors (Lipinski definition) is 5. The third kappa shape index (κ3) is 2.67. The lowest BCUT2D eigenvalue weighted by Crippen LogP contribution is -2.54. The second-order valence-electron chi connectivity index (χ2n) is 6.39. The molecule has 1 aliphatic heterocycles. The van der Waals surface area contributed by atoms with Gasteiger partial charge < -0.3 is 15.2 Å². The summed E-state index contributed by atoms with van der Waals surface area (Å²) in [6, 6.07) is 15.0. The van der Waals surface area contributed by atoms with Gasteiger partial charge >= 0.3 is 5.66 Å². The molecule has 2 aromatic carbocycles. The molecule has 1 aliphatic rings. The van der Waals surface area contributed by atoms with E-state index in [1.165, 1.54) is 14.0 Å². The van der Waals surface area contributed by atoms with Crippen LogP contribution in [0, 0.1) is 5.21 Å². The largest absolute Gasteiger partial charge is 0.622 e. The lowest BCUT2D eigenvalue weighted by atomic mass is 9.99. The third-order valence-electron chi connectivity index (χ3n) is 4.91. The van der Waals surface area contributed by atoms with Gasteiger partial charge in [-0.25, -0.2) is 0 Å². The number of carbonyl (C=O) groups is 1. The molecule has 6 nitrogen and oxygen atoms in total. The van der Waals surface area contributed by atoms with Crippen LogP contribution >= 0.6 is 0 Å². The molecule has 6 heteroatoms. The summed E-state index contributed by atoms with van der Waals surface area (Å²) in [4.78, 5) is 13.1. The molecule has 0 radical (unpaired) electrons. The SMILES string of the molecule is CCC1C(c2ccccc2)=[N+]([O-])C(C)(C(=O)c2ccc(OC)cc2)N1O. The normalized spacial score (nSPS) is 23.3. The van der Waals surface area contributed by atoms with Crippen molar-refractivity contribution in [2.45, 2.75) is 32.0 Å². The van der Waals surface area contributed by atoms with Crippen molar-refractivity contribution >= 4 is 11.5 Å². The predicted octanol–water partition coefficient (Wildman–Crippen LogP) is 3.08. The van der Waals surface area contributed by atoms with Crippen molar-refractivity contribution in [3.05, 3.63) is 70.9 Å². The molecule has 136 valence electrons. The van der Waals surface area contributed by atoms with Crippen molar-refractivity contribution in [3.63, 3.8) is 0 Å². The van der Waals surface area contributed by atoms with Gasteiger partial charge in [-0.15, -0.1) is 5.06 Å². The highest BCUT2D eigenvalue weighted by atomic mass is 16.6. The van der Waals surface area contributed by atoms with Gasteiger partial charge in [-0.05, 0) is 42.8 Å². The molecule has 2 unspecified atom stereocenters. The molecule has 0 saturated heterocycles. The van der Waals surface area contributed by atoms with E-state index >= 15 is 0 Å². The van der Waals surface area contributed by atoms with E-state index in [1.807, 2.05) is 25.1 Å². The fourth-order valence-corrected chi connectivity index (χ4v) is 3.38. The quantitative estimate of drug-likeness (QED) is 0.507. The Labute approximate surface area is 152 Å². The minimum Gasteiger partial charge on any atom is -0.622 e. The number of methoxy groups -OCH3 is 1. The monoisotopic (exact) mass is 354 g/mol. The van der Waals surface area contributed by atoms with Gasteiger partial charge in [0.2, 0.25) is 5.71 Å². The molecule has 0 amide bonds. The number of nitrogens with zero attached hydrogens (tertiary/aromatic N) is 2. The van der Waals surface area contributed by atoms with E-state index in [0.717, 1.165) is 5.06 Å². The number of Topliss-reactive ketones (excluding diaryl/α,β-unsaturated/α-hetero) is 1. The Morgan fingerprint density at radius 3 is 2.38 bits per heavy atom. The molecule has 2 aromatic rings. The fourth-order valence-electron chi connectivity index (χ4n) is 3.38. The molecular weight excluding hydrogens is 332 g/mol. The summed E-state index contributed by atoms with van der Waals surface area (Å²) >= 11 is 0. The maximum Gasteiger partial charge on any atom is 0.312 e. The molecule has 26 heavy (non-hydrogen) atoms. The zero-order valence-corrected chi connectivity index (χ0v) is 15.0. The van der Waals surface area contributed by atoms with Crippen molar-refractivity contribution in [3.8, 4) is 5.75 Å². The minimum absolute atomic E-state index is 0.331. The highest BCUT2D eigenvalue weighted by Crippen LogP contribution is 2.32. The molecule has 0 saturated carbocycles. The van der Waals surface area contributed by atoms with Crippen LogP contribution in [-0.4, -0.2) is 45.3 Å². The summed E-state index contributed by atoms with van der Waals surface area (Å²) in [5.41, 5.74) is -0.322. The summed E-state index contributed by atoms with van der Waals surface area (Å²) in [6.45, 7) is 3.32. The molecule has 0 fully saturated rings. The Morgan fingerprint density at radius 1 is 1.23 bits per heavy atom. The van der Waals surface area contributed by atoms with E-state index in [4.69, 9.17) is 4.74 Å². The Morgan fingerprint density at radius 2 is 1.85 bits per heavy atom. The molecule has 1 N–H and O–H groups in total.